The molecule has 10 nitrogen and oxygen atoms in total. The van der Waals surface area contributed by atoms with Crippen LogP contribution >= 0.6 is 0 Å². The molecule has 0 unspecified atom stereocenters. The first-order chi connectivity index (χ1) is 14.2. The maximum Gasteiger partial charge on any atom is 0.270 e. The minimum atomic E-state index is -0.926. The van der Waals surface area contributed by atoms with E-state index in [1.165, 1.54) is 25.3 Å². The van der Waals surface area contributed by atoms with Crippen molar-refractivity contribution in [1.82, 2.24) is 16.2 Å². The number of carbonyl (C=O) groups excluding carboxylic acids is 3. The lowest BCUT2D eigenvalue weighted by Crippen LogP contribution is -2.54. The monoisotopic (exact) mass is 414 g/mol. The molecule has 0 heterocycles. The number of methoxy groups -OCH3 is 1. The number of rotatable bonds is 7. The fourth-order valence-electron chi connectivity index (χ4n) is 2.53. The molecule has 0 bridgehead atoms. The maximum absolute atomic E-state index is 12.5. The zero-order valence-electron chi connectivity index (χ0n) is 16.7. The zero-order chi connectivity index (χ0) is 22.3. The smallest absolute Gasteiger partial charge is 0.270 e. The van der Waals surface area contributed by atoms with Gasteiger partial charge in [0.25, 0.3) is 23.4 Å². The molecule has 2 rings (SSSR count). The van der Waals surface area contributed by atoms with Gasteiger partial charge in [-0.15, -0.1) is 0 Å². The van der Waals surface area contributed by atoms with Crippen molar-refractivity contribution in [2.75, 3.05) is 7.11 Å². The number of non-ortho nitro benzene ring substituents is 1. The predicted molar refractivity (Wildman–Crippen MR) is 108 cm³/mol. The molecule has 0 aliphatic carbocycles. The molecule has 10 heteroatoms. The van der Waals surface area contributed by atoms with E-state index in [9.17, 15) is 24.5 Å². The number of nitro benzene ring substituents is 1. The van der Waals surface area contributed by atoms with E-state index in [1.54, 1.807) is 38.1 Å². The maximum atomic E-state index is 12.5. The van der Waals surface area contributed by atoms with Crippen LogP contribution in [0.4, 0.5) is 5.69 Å². The Hall–Kier alpha value is -3.95. The van der Waals surface area contributed by atoms with Crippen molar-refractivity contribution in [2.45, 2.75) is 19.9 Å². The van der Waals surface area contributed by atoms with Crippen molar-refractivity contribution in [1.29, 1.82) is 0 Å². The predicted octanol–water partition coefficient (Wildman–Crippen LogP) is 1.82. The van der Waals surface area contributed by atoms with Crippen molar-refractivity contribution in [3.8, 4) is 5.75 Å². The molecule has 0 aromatic heterocycles. The van der Waals surface area contributed by atoms with Gasteiger partial charge in [0.05, 0.1) is 12.0 Å². The molecule has 0 saturated heterocycles. The number of nitro groups is 1. The first-order valence-electron chi connectivity index (χ1n) is 9.02. The SMILES string of the molecule is COc1ccc(C(=O)N[C@H](C(=O)NNC(=O)c2cccc([N+](=O)[O-])c2)C(C)C)cc1. The lowest BCUT2D eigenvalue weighted by atomic mass is 10.0. The Bertz CT molecular complexity index is 943. The van der Waals surface area contributed by atoms with E-state index in [1.807, 2.05) is 0 Å². The van der Waals surface area contributed by atoms with E-state index in [0.717, 1.165) is 6.07 Å². The van der Waals surface area contributed by atoms with Gasteiger partial charge in [0.15, 0.2) is 0 Å². The third-order valence-corrected chi connectivity index (χ3v) is 4.21. The number of benzene rings is 2. The van der Waals surface area contributed by atoms with Gasteiger partial charge in [-0.25, -0.2) is 0 Å². The van der Waals surface area contributed by atoms with Crippen LogP contribution < -0.4 is 20.9 Å². The highest BCUT2D eigenvalue weighted by Crippen LogP contribution is 2.13. The number of hydrogen-bond acceptors (Lipinski definition) is 6. The first kappa shape index (κ1) is 22.3. The minimum Gasteiger partial charge on any atom is -0.497 e. The first-order valence-corrected chi connectivity index (χ1v) is 9.02. The van der Waals surface area contributed by atoms with Gasteiger partial charge in [-0.3, -0.25) is 35.3 Å². The molecule has 0 radical (unpaired) electrons. The van der Waals surface area contributed by atoms with Crippen molar-refractivity contribution in [3.05, 3.63) is 69.8 Å². The van der Waals surface area contributed by atoms with Gasteiger partial charge in [0, 0.05) is 23.3 Å². The molecule has 3 amide bonds. The number of hydrogen-bond donors (Lipinski definition) is 3. The molecule has 30 heavy (non-hydrogen) atoms. The standard InChI is InChI=1S/C20H22N4O6/c1-12(2)17(21-18(25)13-7-9-16(30-3)10-8-13)20(27)23-22-19(26)14-5-4-6-15(11-14)24(28)29/h4-12,17H,1-3H3,(H,21,25)(H,22,26)(H,23,27)/t17-/m0/s1. The molecular formula is C20H22N4O6. The molecule has 3 N–H and O–H groups in total. The second-order valence-corrected chi connectivity index (χ2v) is 6.67. The van der Waals surface area contributed by atoms with Gasteiger partial charge in [0.2, 0.25) is 0 Å². The van der Waals surface area contributed by atoms with E-state index in [0.29, 0.717) is 11.3 Å². The minimum absolute atomic E-state index is 0.00728. The van der Waals surface area contributed by atoms with Crippen molar-refractivity contribution in [3.63, 3.8) is 0 Å². The molecule has 0 fully saturated rings. The summed E-state index contributed by atoms with van der Waals surface area (Å²) in [5, 5.41) is 13.4. The van der Waals surface area contributed by atoms with Crippen LogP contribution in [0.15, 0.2) is 48.5 Å². The average Bonchev–Trinajstić information content (AvgIpc) is 2.75. The molecule has 1 atom stereocenters. The van der Waals surface area contributed by atoms with E-state index in [4.69, 9.17) is 4.74 Å². The Morgan fingerprint density at radius 2 is 1.63 bits per heavy atom. The summed E-state index contributed by atoms with van der Waals surface area (Å²) in [4.78, 5) is 47.3. The van der Waals surface area contributed by atoms with Crippen LogP contribution in [-0.4, -0.2) is 35.8 Å². The highest BCUT2D eigenvalue weighted by Gasteiger charge is 2.25. The van der Waals surface area contributed by atoms with Crippen LogP contribution in [-0.2, 0) is 4.79 Å². The van der Waals surface area contributed by atoms with Crippen molar-refractivity contribution >= 4 is 23.4 Å². The highest BCUT2D eigenvalue weighted by molar-refractivity contribution is 5.99. The van der Waals surface area contributed by atoms with Gasteiger partial charge in [-0.2, -0.15) is 0 Å². The zero-order valence-corrected chi connectivity index (χ0v) is 16.7. The van der Waals surface area contributed by atoms with E-state index >= 15 is 0 Å². The number of nitrogens with zero attached hydrogens (tertiary/aromatic N) is 1. The number of carbonyl (C=O) groups is 3. The lowest BCUT2D eigenvalue weighted by molar-refractivity contribution is -0.384. The van der Waals surface area contributed by atoms with Crippen LogP contribution in [0.2, 0.25) is 0 Å². The summed E-state index contributed by atoms with van der Waals surface area (Å²) in [5.74, 6) is -1.51. The fraction of sp³-hybridized carbons (Fsp3) is 0.250. The number of amides is 3. The second-order valence-electron chi connectivity index (χ2n) is 6.67. The Labute approximate surface area is 172 Å². The molecule has 158 valence electrons. The summed E-state index contributed by atoms with van der Waals surface area (Å²) in [6.45, 7) is 3.47. The molecule has 0 aliphatic rings. The third-order valence-electron chi connectivity index (χ3n) is 4.21. The molecular weight excluding hydrogens is 392 g/mol. The summed E-state index contributed by atoms with van der Waals surface area (Å²) in [6.07, 6.45) is 0. The quantitative estimate of drug-likeness (QED) is 0.466. The molecule has 0 spiro atoms. The number of hydrazine groups is 1. The van der Waals surface area contributed by atoms with Crippen molar-refractivity contribution < 1.29 is 24.0 Å². The second kappa shape index (κ2) is 10.0. The topological polar surface area (TPSA) is 140 Å². The summed E-state index contributed by atoms with van der Waals surface area (Å²) >= 11 is 0. The fourth-order valence-corrected chi connectivity index (χ4v) is 2.53. The molecule has 0 aliphatic heterocycles. The molecule has 2 aromatic carbocycles. The Balaban J connectivity index is 2.01. The Kier molecular flexibility index (Phi) is 7.45. The van der Waals surface area contributed by atoms with Crippen molar-refractivity contribution in [2.24, 2.45) is 5.92 Å². The van der Waals surface area contributed by atoms with Crippen LogP contribution in [0, 0.1) is 16.0 Å². The van der Waals surface area contributed by atoms with Gasteiger partial charge >= 0.3 is 0 Å². The van der Waals surface area contributed by atoms with Crippen LogP contribution in [0.25, 0.3) is 0 Å². The van der Waals surface area contributed by atoms with Gasteiger partial charge < -0.3 is 10.1 Å². The summed E-state index contributed by atoms with van der Waals surface area (Å²) in [6, 6.07) is 10.5. The lowest BCUT2D eigenvalue weighted by Gasteiger charge is -2.22. The number of nitrogens with one attached hydrogen (secondary N) is 3. The largest absolute Gasteiger partial charge is 0.497 e. The van der Waals surface area contributed by atoms with Crippen LogP contribution in [0.1, 0.15) is 34.6 Å². The average molecular weight is 414 g/mol. The van der Waals surface area contributed by atoms with E-state index < -0.39 is 28.7 Å². The third kappa shape index (κ3) is 5.77. The molecule has 0 saturated carbocycles. The van der Waals surface area contributed by atoms with Crippen LogP contribution in [0.5, 0.6) is 5.75 Å². The Morgan fingerprint density at radius 3 is 2.20 bits per heavy atom. The van der Waals surface area contributed by atoms with Gasteiger partial charge in [-0.1, -0.05) is 19.9 Å². The normalized spacial score (nSPS) is 11.3. The highest BCUT2D eigenvalue weighted by atomic mass is 16.6. The summed E-state index contributed by atoms with van der Waals surface area (Å²) in [7, 11) is 1.51. The Morgan fingerprint density at radius 1 is 0.967 bits per heavy atom. The summed E-state index contributed by atoms with van der Waals surface area (Å²) in [5.41, 5.74) is 4.54. The van der Waals surface area contributed by atoms with Gasteiger partial charge in [0.1, 0.15) is 11.8 Å². The van der Waals surface area contributed by atoms with Gasteiger partial charge in [-0.05, 0) is 36.2 Å². The van der Waals surface area contributed by atoms with Crippen LogP contribution in [0.3, 0.4) is 0 Å². The number of ether oxygens (including phenoxy) is 1. The summed E-state index contributed by atoms with van der Waals surface area (Å²) < 4.78 is 5.04. The molecule has 2 aromatic rings. The van der Waals surface area contributed by atoms with E-state index in [2.05, 4.69) is 16.2 Å². The van der Waals surface area contributed by atoms with E-state index in [-0.39, 0.29) is 17.2 Å².